The van der Waals surface area contributed by atoms with Gasteiger partial charge in [0.1, 0.15) is 0 Å². The Kier molecular flexibility index (Phi) is 3.72. The molecule has 1 aromatic rings. The molecule has 1 aliphatic heterocycles. The number of hydrogen-bond acceptors (Lipinski definition) is 2. The number of rotatable bonds is 4. The van der Waals surface area contributed by atoms with Crippen molar-refractivity contribution in [2.45, 2.75) is 18.5 Å². The molecule has 0 aromatic heterocycles. The third kappa shape index (κ3) is 2.78. The highest BCUT2D eigenvalue weighted by atomic mass is 16.3. The van der Waals surface area contributed by atoms with E-state index in [0.29, 0.717) is 6.04 Å². The average Bonchev–Trinajstić information content (AvgIpc) is 2.80. The quantitative estimate of drug-likeness (QED) is 0.759. The van der Waals surface area contributed by atoms with Crippen molar-refractivity contribution >= 4 is 0 Å². The molecule has 0 bridgehead atoms. The fourth-order valence-corrected chi connectivity index (χ4v) is 1.95. The molecular formula is C12H17N2O. The zero-order valence-electron chi connectivity index (χ0n) is 8.76. The predicted molar refractivity (Wildman–Crippen MR) is 59.7 cm³/mol. The van der Waals surface area contributed by atoms with Gasteiger partial charge in [-0.3, -0.25) is 0 Å². The number of nitrogens with zero attached hydrogens (tertiary/aromatic N) is 1. The summed E-state index contributed by atoms with van der Waals surface area (Å²) in [7, 11) is 0. The fraction of sp³-hybridized carbons (Fsp3) is 0.500. The van der Waals surface area contributed by atoms with Crippen molar-refractivity contribution in [1.29, 1.82) is 0 Å². The third-order valence-corrected chi connectivity index (χ3v) is 2.81. The molecule has 0 spiro atoms. The number of benzene rings is 1. The maximum atomic E-state index is 9.35. The molecule has 0 saturated carbocycles. The van der Waals surface area contributed by atoms with E-state index in [-0.39, 0.29) is 12.6 Å². The lowest BCUT2D eigenvalue weighted by molar-refractivity contribution is 0.235. The fourth-order valence-electron chi connectivity index (χ4n) is 1.95. The monoisotopic (exact) mass is 205 g/mol. The van der Waals surface area contributed by atoms with Gasteiger partial charge in [0, 0.05) is 19.1 Å². The molecule has 0 amide bonds. The van der Waals surface area contributed by atoms with Crippen molar-refractivity contribution in [3.63, 3.8) is 0 Å². The Morgan fingerprint density at radius 1 is 1.40 bits per heavy atom. The maximum absolute atomic E-state index is 9.35. The molecule has 2 N–H and O–H groups in total. The van der Waals surface area contributed by atoms with Gasteiger partial charge in [0.05, 0.1) is 12.6 Å². The van der Waals surface area contributed by atoms with Crippen molar-refractivity contribution in [2.75, 3.05) is 19.7 Å². The van der Waals surface area contributed by atoms with Crippen LogP contribution >= 0.6 is 0 Å². The Morgan fingerprint density at radius 2 is 2.20 bits per heavy atom. The lowest BCUT2D eigenvalue weighted by Gasteiger charge is -2.20. The van der Waals surface area contributed by atoms with Gasteiger partial charge < -0.3 is 10.4 Å². The molecule has 15 heavy (non-hydrogen) atoms. The zero-order chi connectivity index (χ0) is 10.5. The standard InChI is InChI=1S/C12H17N2O/c15-9-12(10-4-2-1-3-5-10)14-11-6-7-13-8-11/h1-5,11-12,14-15H,6-9H2/t11?,12-/m0/s1. The normalized spacial score (nSPS) is 22.9. The summed E-state index contributed by atoms with van der Waals surface area (Å²) in [5.41, 5.74) is 1.15. The number of hydrogen-bond donors (Lipinski definition) is 2. The van der Waals surface area contributed by atoms with Crippen molar-refractivity contribution in [3.8, 4) is 0 Å². The van der Waals surface area contributed by atoms with Crippen LogP contribution in [0.25, 0.3) is 0 Å². The largest absolute Gasteiger partial charge is 0.394 e. The van der Waals surface area contributed by atoms with Crippen LogP contribution in [-0.2, 0) is 0 Å². The van der Waals surface area contributed by atoms with E-state index in [1.807, 2.05) is 30.3 Å². The highest BCUT2D eigenvalue weighted by molar-refractivity contribution is 5.19. The minimum absolute atomic E-state index is 0.0458. The van der Waals surface area contributed by atoms with Gasteiger partial charge in [-0.25, -0.2) is 5.32 Å². The first-order chi connectivity index (χ1) is 7.40. The van der Waals surface area contributed by atoms with Crippen LogP contribution in [0.15, 0.2) is 30.3 Å². The van der Waals surface area contributed by atoms with Crippen molar-refractivity contribution < 1.29 is 5.11 Å². The SMILES string of the molecule is OC[C@H](NC1CC[N]C1)c1ccccc1. The lowest BCUT2D eigenvalue weighted by Crippen LogP contribution is -2.35. The molecular weight excluding hydrogens is 188 g/mol. The van der Waals surface area contributed by atoms with E-state index in [0.717, 1.165) is 25.1 Å². The molecule has 2 atom stereocenters. The van der Waals surface area contributed by atoms with Gasteiger partial charge in [-0.05, 0) is 12.0 Å². The van der Waals surface area contributed by atoms with Gasteiger partial charge in [-0.15, -0.1) is 0 Å². The lowest BCUT2D eigenvalue weighted by atomic mass is 10.1. The summed E-state index contributed by atoms with van der Waals surface area (Å²) in [5.74, 6) is 0. The van der Waals surface area contributed by atoms with E-state index in [4.69, 9.17) is 0 Å². The highest BCUT2D eigenvalue weighted by Gasteiger charge is 2.19. The summed E-state index contributed by atoms with van der Waals surface area (Å²) in [6.07, 6.45) is 1.09. The summed E-state index contributed by atoms with van der Waals surface area (Å²) < 4.78 is 0. The van der Waals surface area contributed by atoms with Crippen molar-refractivity contribution in [2.24, 2.45) is 0 Å². The van der Waals surface area contributed by atoms with E-state index >= 15 is 0 Å². The minimum Gasteiger partial charge on any atom is -0.394 e. The van der Waals surface area contributed by atoms with E-state index in [1.54, 1.807) is 0 Å². The Morgan fingerprint density at radius 3 is 2.80 bits per heavy atom. The summed E-state index contributed by atoms with van der Waals surface area (Å²) in [6, 6.07) is 10.5. The first-order valence-corrected chi connectivity index (χ1v) is 5.45. The van der Waals surface area contributed by atoms with Crippen LogP contribution in [0.4, 0.5) is 0 Å². The summed E-state index contributed by atoms with van der Waals surface area (Å²) in [5, 5.41) is 17.1. The van der Waals surface area contributed by atoms with Crippen LogP contribution in [0, 0.1) is 0 Å². The van der Waals surface area contributed by atoms with E-state index < -0.39 is 0 Å². The van der Waals surface area contributed by atoms with Gasteiger partial charge in [0.25, 0.3) is 0 Å². The molecule has 1 unspecified atom stereocenters. The first-order valence-electron chi connectivity index (χ1n) is 5.45. The van der Waals surface area contributed by atoms with Crippen LogP contribution < -0.4 is 10.6 Å². The maximum Gasteiger partial charge on any atom is 0.0626 e. The molecule has 3 nitrogen and oxygen atoms in total. The van der Waals surface area contributed by atoms with Crippen LogP contribution in [0.1, 0.15) is 18.0 Å². The minimum atomic E-state index is 0.0458. The van der Waals surface area contributed by atoms with Gasteiger partial charge in [-0.2, -0.15) is 0 Å². The molecule has 1 radical (unpaired) electrons. The van der Waals surface area contributed by atoms with Crippen molar-refractivity contribution in [1.82, 2.24) is 10.6 Å². The Hall–Kier alpha value is -0.900. The number of aliphatic hydroxyl groups excluding tert-OH is 1. The second-order valence-electron chi connectivity index (χ2n) is 3.93. The third-order valence-electron chi connectivity index (χ3n) is 2.81. The van der Waals surface area contributed by atoms with Crippen LogP contribution in [0.3, 0.4) is 0 Å². The topological polar surface area (TPSA) is 46.4 Å². The average molecular weight is 205 g/mol. The highest BCUT2D eigenvalue weighted by Crippen LogP contribution is 2.14. The van der Waals surface area contributed by atoms with Crippen LogP contribution in [-0.4, -0.2) is 30.8 Å². The number of aliphatic hydroxyl groups is 1. The van der Waals surface area contributed by atoms with Gasteiger partial charge in [-0.1, -0.05) is 30.3 Å². The second kappa shape index (κ2) is 5.26. The van der Waals surface area contributed by atoms with E-state index in [2.05, 4.69) is 10.6 Å². The van der Waals surface area contributed by atoms with Gasteiger partial charge in [0.2, 0.25) is 0 Å². The van der Waals surface area contributed by atoms with Gasteiger partial charge in [0.15, 0.2) is 0 Å². The zero-order valence-corrected chi connectivity index (χ0v) is 8.76. The molecule has 81 valence electrons. The van der Waals surface area contributed by atoms with E-state index in [1.165, 1.54) is 0 Å². The van der Waals surface area contributed by atoms with Crippen LogP contribution in [0.2, 0.25) is 0 Å². The van der Waals surface area contributed by atoms with Crippen molar-refractivity contribution in [3.05, 3.63) is 35.9 Å². The molecule has 3 heteroatoms. The Labute approximate surface area is 90.5 Å². The van der Waals surface area contributed by atoms with E-state index in [9.17, 15) is 5.11 Å². The summed E-state index contributed by atoms with van der Waals surface area (Å²) in [6.45, 7) is 1.97. The molecule has 1 saturated heterocycles. The Bertz CT molecular complexity index is 283. The predicted octanol–water partition coefficient (Wildman–Crippen LogP) is 0.686. The van der Waals surface area contributed by atoms with Gasteiger partial charge >= 0.3 is 0 Å². The Balaban J connectivity index is 1.97. The molecule has 1 fully saturated rings. The molecule has 1 aromatic carbocycles. The summed E-state index contributed by atoms with van der Waals surface area (Å²) in [4.78, 5) is 0. The molecule has 0 aliphatic carbocycles. The summed E-state index contributed by atoms with van der Waals surface area (Å²) >= 11 is 0. The molecule has 1 heterocycles. The van der Waals surface area contributed by atoms with Crippen LogP contribution in [0.5, 0.6) is 0 Å². The second-order valence-corrected chi connectivity index (χ2v) is 3.93. The molecule has 2 rings (SSSR count). The molecule has 1 aliphatic rings. The number of nitrogens with one attached hydrogen (secondary N) is 1. The smallest absolute Gasteiger partial charge is 0.0626 e. The first kappa shape index (κ1) is 10.6.